The van der Waals surface area contributed by atoms with Crippen molar-refractivity contribution < 1.29 is 4.42 Å². The minimum atomic E-state index is -0.402. The lowest BCUT2D eigenvalue weighted by atomic mass is 9.70. The Balaban J connectivity index is 1.15. The fourth-order valence-electron chi connectivity index (χ4n) is 10.1. The van der Waals surface area contributed by atoms with Crippen molar-refractivity contribution in [3.8, 4) is 44.5 Å². The first-order chi connectivity index (χ1) is 28.3. The van der Waals surface area contributed by atoms with Crippen molar-refractivity contribution in [1.29, 1.82) is 0 Å². The summed E-state index contributed by atoms with van der Waals surface area (Å²) in [5, 5.41) is 2.24. The molecule has 12 rings (SSSR count). The maximum absolute atomic E-state index is 6.43. The topological polar surface area (TPSA) is 16.4 Å². The molecule has 1 spiro atoms. The Morgan fingerprint density at radius 2 is 0.825 bits per heavy atom. The Morgan fingerprint density at radius 3 is 1.53 bits per heavy atom. The van der Waals surface area contributed by atoms with Crippen LogP contribution in [0.25, 0.3) is 66.4 Å². The van der Waals surface area contributed by atoms with Crippen molar-refractivity contribution >= 4 is 39.0 Å². The van der Waals surface area contributed by atoms with Gasteiger partial charge in [-0.3, -0.25) is 0 Å². The van der Waals surface area contributed by atoms with E-state index in [0.717, 1.165) is 55.7 Å². The SMILES string of the molecule is c1ccc(-c2ccccc2N(c2ccc3c(c2)-c2ccccc2C32c3ccccc3-c3ccccc32)c2ccccc2-c2cccc3oc4ccccc4c23)cc1. The number of rotatable bonds is 5. The molecule has 2 aliphatic rings. The predicted molar refractivity (Wildman–Crippen MR) is 236 cm³/mol. The summed E-state index contributed by atoms with van der Waals surface area (Å²) < 4.78 is 6.43. The number of nitrogens with zero attached hydrogens (tertiary/aromatic N) is 1. The molecule has 0 fully saturated rings. The van der Waals surface area contributed by atoms with E-state index in [9.17, 15) is 0 Å². The molecular formula is C55H35NO. The van der Waals surface area contributed by atoms with Gasteiger partial charge in [0.2, 0.25) is 0 Å². The maximum atomic E-state index is 6.43. The zero-order chi connectivity index (χ0) is 37.5. The molecule has 0 unspecified atom stereocenters. The summed E-state index contributed by atoms with van der Waals surface area (Å²) in [6.45, 7) is 0. The molecule has 0 N–H and O–H groups in total. The molecule has 10 aromatic rings. The fraction of sp³-hybridized carbons (Fsp3) is 0.0182. The van der Waals surface area contributed by atoms with Crippen LogP contribution in [0.5, 0.6) is 0 Å². The first-order valence-corrected chi connectivity index (χ1v) is 19.7. The Morgan fingerprint density at radius 1 is 0.333 bits per heavy atom. The number of benzene rings is 9. The number of hydrogen-bond acceptors (Lipinski definition) is 2. The van der Waals surface area contributed by atoms with E-state index in [1.54, 1.807) is 0 Å². The van der Waals surface area contributed by atoms with Crippen molar-refractivity contribution in [1.82, 2.24) is 0 Å². The third-order valence-corrected chi connectivity index (χ3v) is 12.3. The van der Waals surface area contributed by atoms with Gasteiger partial charge in [-0.2, -0.15) is 0 Å². The second-order valence-corrected chi connectivity index (χ2v) is 15.1. The molecule has 0 saturated heterocycles. The number of hydrogen-bond donors (Lipinski definition) is 0. The van der Waals surface area contributed by atoms with Crippen molar-refractivity contribution in [3.05, 3.63) is 235 Å². The standard InChI is InChI=1S/C55H35NO/c1-2-17-36(18-3-1)38-19-7-13-29-50(38)56(51-30-14-8-23-42(51)43-25-16-32-53-54(43)44-24-9-15-31-52(44)57-53)37-33-34-49-45(35-37)41-22-6-12-28-48(41)55(49)46-26-10-4-20-39(46)40-21-5-11-27-47(40)55/h1-35H. The monoisotopic (exact) mass is 725 g/mol. The quantitative estimate of drug-likeness (QED) is 0.176. The Kier molecular flexibility index (Phi) is 6.88. The molecule has 0 aliphatic heterocycles. The zero-order valence-electron chi connectivity index (χ0n) is 31.1. The summed E-state index contributed by atoms with van der Waals surface area (Å²) in [5.41, 5.74) is 19.8. The Bertz CT molecular complexity index is 3160. The summed E-state index contributed by atoms with van der Waals surface area (Å²) in [6, 6.07) is 77.5. The molecule has 2 aliphatic carbocycles. The molecule has 57 heavy (non-hydrogen) atoms. The molecule has 9 aromatic carbocycles. The van der Waals surface area contributed by atoms with Crippen molar-refractivity contribution in [2.45, 2.75) is 5.41 Å². The lowest BCUT2D eigenvalue weighted by Crippen LogP contribution is -2.25. The molecule has 1 aromatic heterocycles. The van der Waals surface area contributed by atoms with Crippen LogP contribution in [0.2, 0.25) is 0 Å². The highest BCUT2D eigenvalue weighted by atomic mass is 16.3. The van der Waals surface area contributed by atoms with Gasteiger partial charge >= 0.3 is 0 Å². The minimum absolute atomic E-state index is 0.402. The smallest absolute Gasteiger partial charge is 0.136 e. The van der Waals surface area contributed by atoms with Gasteiger partial charge in [0, 0.05) is 27.6 Å². The largest absolute Gasteiger partial charge is 0.456 e. The first-order valence-electron chi connectivity index (χ1n) is 19.7. The normalized spacial score (nSPS) is 13.1. The summed E-state index contributed by atoms with van der Waals surface area (Å²) in [7, 11) is 0. The number of anilines is 3. The van der Waals surface area contributed by atoms with Crippen LogP contribution < -0.4 is 4.90 Å². The first kappa shape index (κ1) is 31.9. The highest BCUT2D eigenvalue weighted by Crippen LogP contribution is 2.63. The average molecular weight is 726 g/mol. The van der Waals surface area contributed by atoms with Gasteiger partial charge < -0.3 is 9.32 Å². The molecule has 0 atom stereocenters. The van der Waals surface area contributed by atoms with Gasteiger partial charge in [-0.25, -0.2) is 0 Å². The van der Waals surface area contributed by atoms with Gasteiger partial charge in [-0.05, 0) is 92.0 Å². The third kappa shape index (κ3) is 4.47. The van der Waals surface area contributed by atoms with Crippen LogP contribution in [0.4, 0.5) is 17.1 Å². The van der Waals surface area contributed by atoms with E-state index in [1.165, 1.54) is 50.1 Å². The fourth-order valence-corrected chi connectivity index (χ4v) is 10.1. The van der Waals surface area contributed by atoms with E-state index in [4.69, 9.17) is 4.42 Å². The van der Waals surface area contributed by atoms with Gasteiger partial charge in [-0.15, -0.1) is 0 Å². The van der Waals surface area contributed by atoms with Crippen molar-refractivity contribution in [3.63, 3.8) is 0 Å². The number of fused-ring (bicyclic) bond motifs is 13. The second-order valence-electron chi connectivity index (χ2n) is 15.1. The molecule has 266 valence electrons. The van der Waals surface area contributed by atoms with Gasteiger partial charge in [0.05, 0.1) is 16.8 Å². The minimum Gasteiger partial charge on any atom is -0.456 e. The van der Waals surface area contributed by atoms with E-state index >= 15 is 0 Å². The highest BCUT2D eigenvalue weighted by molar-refractivity contribution is 6.14. The van der Waals surface area contributed by atoms with Gasteiger partial charge in [0.1, 0.15) is 11.2 Å². The van der Waals surface area contributed by atoms with Gasteiger partial charge in [0.25, 0.3) is 0 Å². The molecule has 0 bridgehead atoms. The van der Waals surface area contributed by atoms with E-state index in [-0.39, 0.29) is 0 Å². The highest BCUT2D eigenvalue weighted by Gasteiger charge is 2.51. The number of furan rings is 1. The lowest BCUT2D eigenvalue weighted by Gasteiger charge is -2.32. The molecule has 1 heterocycles. The lowest BCUT2D eigenvalue weighted by molar-refractivity contribution is 0.669. The van der Waals surface area contributed by atoms with Gasteiger partial charge in [-0.1, -0.05) is 176 Å². The van der Waals surface area contributed by atoms with Crippen LogP contribution in [0, 0.1) is 0 Å². The zero-order valence-corrected chi connectivity index (χ0v) is 31.1. The molecule has 2 heteroatoms. The molecule has 0 saturated carbocycles. The summed E-state index contributed by atoms with van der Waals surface area (Å²) >= 11 is 0. The van der Waals surface area contributed by atoms with Crippen LogP contribution in [-0.4, -0.2) is 0 Å². The van der Waals surface area contributed by atoms with Crippen LogP contribution in [0.15, 0.2) is 217 Å². The third-order valence-electron chi connectivity index (χ3n) is 12.3. The molecular weight excluding hydrogens is 691 g/mol. The van der Waals surface area contributed by atoms with E-state index in [2.05, 4.69) is 211 Å². The predicted octanol–water partition coefficient (Wildman–Crippen LogP) is 14.7. The van der Waals surface area contributed by atoms with Crippen LogP contribution >= 0.6 is 0 Å². The van der Waals surface area contributed by atoms with Crippen LogP contribution in [0.1, 0.15) is 22.3 Å². The average Bonchev–Trinajstić information content (AvgIpc) is 3.91. The van der Waals surface area contributed by atoms with E-state index < -0.39 is 5.41 Å². The van der Waals surface area contributed by atoms with E-state index in [0.29, 0.717) is 0 Å². The van der Waals surface area contributed by atoms with Crippen LogP contribution in [0.3, 0.4) is 0 Å². The van der Waals surface area contributed by atoms with Crippen molar-refractivity contribution in [2.24, 2.45) is 0 Å². The maximum Gasteiger partial charge on any atom is 0.136 e. The summed E-state index contributed by atoms with van der Waals surface area (Å²) in [6.07, 6.45) is 0. The Hall–Kier alpha value is -7.42. The number of para-hydroxylation sites is 3. The molecule has 0 radical (unpaired) electrons. The molecule has 0 amide bonds. The molecule has 2 nitrogen and oxygen atoms in total. The summed E-state index contributed by atoms with van der Waals surface area (Å²) in [5.74, 6) is 0. The second kappa shape index (κ2) is 12.3. The summed E-state index contributed by atoms with van der Waals surface area (Å²) in [4.78, 5) is 2.48. The van der Waals surface area contributed by atoms with Crippen molar-refractivity contribution in [2.75, 3.05) is 4.90 Å². The van der Waals surface area contributed by atoms with Gasteiger partial charge in [0.15, 0.2) is 0 Å². The Labute approximate surface area is 331 Å². The van der Waals surface area contributed by atoms with E-state index in [1.807, 2.05) is 6.07 Å². The van der Waals surface area contributed by atoms with Crippen LogP contribution in [-0.2, 0) is 5.41 Å².